The molecule has 2 amide bonds. The van der Waals surface area contributed by atoms with E-state index in [1.54, 1.807) is 0 Å². The molecular formula is C8H14F3N3O2. The summed E-state index contributed by atoms with van der Waals surface area (Å²) in [6, 6.07) is -0.488. The van der Waals surface area contributed by atoms with E-state index in [1.165, 1.54) is 6.92 Å². The minimum absolute atomic E-state index is 0.0506. The standard InChI is InChI=1S/C8H14F3N3O2/c1-5(2-6(12)15)14-7(16)3-13-4-8(9,10)11/h5,13H,2-4H2,1H3,(H2,12,15)(H,14,16). The average molecular weight is 241 g/mol. The molecule has 0 saturated heterocycles. The van der Waals surface area contributed by atoms with Gasteiger partial charge in [-0.05, 0) is 6.92 Å². The van der Waals surface area contributed by atoms with Gasteiger partial charge in [0.1, 0.15) is 0 Å². The van der Waals surface area contributed by atoms with Crippen LogP contribution in [0.4, 0.5) is 13.2 Å². The lowest BCUT2D eigenvalue weighted by molar-refractivity contribution is -0.128. The maximum Gasteiger partial charge on any atom is 0.401 e. The summed E-state index contributed by atoms with van der Waals surface area (Å²) in [5, 5.41) is 4.26. The number of nitrogens with two attached hydrogens (primary N) is 1. The van der Waals surface area contributed by atoms with Crippen LogP contribution in [0.2, 0.25) is 0 Å². The number of amides is 2. The fourth-order valence-corrected chi connectivity index (χ4v) is 0.996. The number of carbonyl (C=O) groups is 2. The van der Waals surface area contributed by atoms with E-state index >= 15 is 0 Å². The lowest BCUT2D eigenvalue weighted by atomic mass is 10.2. The molecule has 0 heterocycles. The van der Waals surface area contributed by atoms with Gasteiger partial charge in [0.2, 0.25) is 11.8 Å². The molecular weight excluding hydrogens is 227 g/mol. The first kappa shape index (κ1) is 14.7. The number of carbonyl (C=O) groups excluding carboxylic acids is 2. The van der Waals surface area contributed by atoms with Gasteiger partial charge in [0.05, 0.1) is 13.1 Å². The molecule has 0 aliphatic rings. The molecule has 4 N–H and O–H groups in total. The van der Waals surface area contributed by atoms with Crippen LogP contribution in [0.25, 0.3) is 0 Å². The summed E-state index contributed by atoms with van der Waals surface area (Å²) in [6.45, 7) is -0.153. The summed E-state index contributed by atoms with van der Waals surface area (Å²) in [5.41, 5.74) is 4.87. The third-order valence-corrected chi connectivity index (χ3v) is 1.53. The molecule has 94 valence electrons. The molecule has 0 aromatic rings. The number of alkyl halides is 3. The van der Waals surface area contributed by atoms with Crippen LogP contribution in [0.5, 0.6) is 0 Å². The normalized spacial score (nSPS) is 13.2. The van der Waals surface area contributed by atoms with Crippen LogP contribution in [0, 0.1) is 0 Å². The lowest BCUT2D eigenvalue weighted by Gasteiger charge is -2.13. The molecule has 0 radical (unpaired) electrons. The Morgan fingerprint density at radius 3 is 2.38 bits per heavy atom. The van der Waals surface area contributed by atoms with Crippen LogP contribution in [0.1, 0.15) is 13.3 Å². The summed E-state index contributed by atoms with van der Waals surface area (Å²) < 4.78 is 35.1. The van der Waals surface area contributed by atoms with Gasteiger partial charge in [-0.3, -0.25) is 9.59 Å². The summed E-state index contributed by atoms with van der Waals surface area (Å²) in [4.78, 5) is 21.5. The van der Waals surface area contributed by atoms with Crippen molar-refractivity contribution in [3.05, 3.63) is 0 Å². The second kappa shape index (κ2) is 6.31. The maximum absolute atomic E-state index is 11.7. The zero-order valence-electron chi connectivity index (χ0n) is 8.73. The highest BCUT2D eigenvalue weighted by atomic mass is 19.4. The predicted molar refractivity (Wildman–Crippen MR) is 50.3 cm³/mol. The van der Waals surface area contributed by atoms with Crippen LogP contribution in [-0.2, 0) is 9.59 Å². The van der Waals surface area contributed by atoms with Crippen molar-refractivity contribution in [1.29, 1.82) is 0 Å². The van der Waals surface area contributed by atoms with Gasteiger partial charge in [0.25, 0.3) is 0 Å². The summed E-state index contributed by atoms with van der Waals surface area (Å²) >= 11 is 0. The van der Waals surface area contributed by atoms with E-state index < -0.39 is 37.1 Å². The van der Waals surface area contributed by atoms with Crippen LogP contribution in [0.15, 0.2) is 0 Å². The zero-order chi connectivity index (χ0) is 12.8. The maximum atomic E-state index is 11.7. The monoisotopic (exact) mass is 241 g/mol. The van der Waals surface area contributed by atoms with Gasteiger partial charge in [0.15, 0.2) is 0 Å². The SMILES string of the molecule is CC(CC(N)=O)NC(=O)CNCC(F)(F)F. The molecule has 0 aromatic heterocycles. The molecule has 1 unspecified atom stereocenters. The Hall–Kier alpha value is -1.31. The second-order valence-corrected chi connectivity index (χ2v) is 3.36. The number of nitrogens with one attached hydrogen (secondary N) is 2. The van der Waals surface area contributed by atoms with Gasteiger partial charge in [-0.25, -0.2) is 0 Å². The van der Waals surface area contributed by atoms with E-state index in [1.807, 2.05) is 5.32 Å². The minimum atomic E-state index is -4.35. The lowest BCUT2D eigenvalue weighted by Crippen LogP contribution is -2.42. The average Bonchev–Trinajstić information content (AvgIpc) is 1.98. The van der Waals surface area contributed by atoms with Crippen LogP contribution in [-0.4, -0.2) is 37.1 Å². The Morgan fingerprint density at radius 2 is 1.94 bits per heavy atom. The van der Waals surface area contributed by atoms with Crippen molar-refractivity contribution in [2.24, 2.45) is 5.73 Å². The molecule has 5 nitrogen and oxygen atoms in total. The summed E-state index contributed by atoms with van der Waals surface area (Å²) in [6.07, 6.45) is -4.40. The number of hydrogen-bond donors (Lipinski definition) is 3. The molecule has 0 bridgehead atoms. The van der Waals surface area contributed by atoms with Crippen molar-refractivity contribution in [1.82, 2.24) is 10.6 Å². The Bertz CT molecular complexity index is 255. The first-order chi connectivity index (χ1) is 7.20. The van der Waals surface area contributed by atoms with E-state index in [4.69, 9.17) is 5.73 Å². The highest BCUT2D eigenvalue weighted by Crippen LogP contribution is 2.11. The van der Waals surface area contributed by atoms with Gasteiger partial charge < -0.3 is 16.4 Å². The molecule has 0 aliphatic carbocycles. The molecule has 0 fully saturated rings. The molecule has 0 saturated carbocycles. The number of hydrogen-bond acceptors (Lipinski definition) is 3. The fraction of sp³-hybridized carbons (Fsp3) is 0.750. The van der Waals surface area contributed by atoms with Crippen molar-refractivity contribution in [3.63, 3.8) is 0 Å². The molecule has 0 aliphatic heterocycles. The Labute approximate surface area is 90.6 Å². The minimum Gasteiger partial charge on any atom is -0.370 e. The topological polar surface area (TPSA) is 84.2 Å². The van der Waals surface area contributed by atoms with Crippen molar-refractivity contribution in [3.8, 4) is 0 Å². The molecule has 8 heteroatoms. The van der Waals surface area contributed by atoms with Crippen molar-refractivity contribution in [2.45, 2.75) is 25.6 Å². The van der Waals surface area contributed by atoms with Crippen molar-refractivity contribution < 1.29 is 22.8 Å². The molecule has 0 rings (SSSR count). The third kappa shape index (κ3) is 9.25. The largest absolute Gasteiger partial charge is 0.401 e. The Kier molecular flexibility index (Phi) is 5.79. The van der Waals surface area contributed by atoms with E-state index in [0.29, 0.717) is 0 Å². The number of halogens is 3. The highest BCUT2D eigenvalue weighted by molar-refractivity contribution is 5.80. The van der Waals surface area contributed by atoms with E-state index in [2.05, 4.69) is 5.32 Å². The first-order valence-electron chi connectivity index (χ1n) is 4.56. The van der Waals surface area contributed by atoms with Gasteiger partial charge >= 0.3 is 6.18 Å². The van der Waals surface area contributed by atoms with E-state index in [9.17, 15) is 22.8 Å². The number of rotatable bonds is 6. The first-order valence-corrected chi connectivity index (χ1v) is 4.56. The summed E-state index contributed by atoms with van der Waals surface area (Å²) in [5.74, 6) is -1.20. The van der Waals surface area contributed by atoms with Crippen LogP contribution >= 0.6 is 0 Å². The summed E-state index contributed by atoms with van der Waals surface area (Å²) in [7, 11) is 0. The smallest absolute Gasteiger partial charge is 0.370 e. The quantitative estimate of drug-likeness (QED) is 0.587. The Balaban J connectivity index is 3.70. The second-order valence-electron chi connectivity index (χ2n) is 3.36. The van der Waals surface area contributed by atoms with Gasteiger partial charge in [-0.15, -0.1) is 0 Å². The third-order valence-electron chi connectivity index (χ3n) is 1.53. The molecule has 1 atom stereocenters. The molecule has 0 aromatic carbocycles. The van der Waals surface area contributed by atoms with Gasteiger partial charge in [-0.2, -0.15) is 13.2 Å². The van der Waals surface area contributed by atoms with Crippen LogP contribution < -0.4 is 16.4 Å². The zero-order valence-corrected chi connectivity index (χ0v) is 8.73. The molecule has 0 spiro atoms. The van der Waals surface area contributed by atoms with Crippen LogP contribution in [0.3, 0.4) is 0 Å². The van der Waals surface area contributed by atoms with E-state index in [0.717, 1.165) is 0 Å². The predicted octanol–water partition coefficient (Wildman–Crippen LogP) is -0.482. The van der Waals surface area contributed by atoms with Crippen molar-refractivity contribution >= 4 is 11.8 Å². The highest BCUT2D eigenvalue weighted by Gasteiger charge is 2.26. The number of primary amides is 1. The fourth-order valence-electron chi connectivity index (χ4n) is 0.996. The van der Waals surface area contributed by atoms with Crippen molar-refractivity contribution in [2.75, 3.05) is 13.1 Å². The Morgan fingerprint density at radius 1 is 1.38 bits per heavy atom. The van der Waals surface area contributed by atoms with E-state index in [-0.39, 0.29) is 6.42 Å². The molecule has 16 heavy (non-hydrogen) atoms. The van der Waals surface area contributed by atoms with Gasteiger partial charge in [-0.1, -0.05) is 0 Å². The van der Waals surface area contributed by atoms with Gasteiger partial charge in [0, 0.05) is 12.5 Å².